The molecule has 0 aliphatic heterocycles. The largest absolute Gasteiger partial charge is 0.377 e. The number of nitrogens with two attached hydrogens (primary N) is 1. The van der Waals surface area contributed by atoms with Crippen LogP contribution in [0.3, 0.4) is 0 Å². The molecule has 0 spiro atoms. The summed E-state index contributed by atoms with van der Waals surface area (Å²) in [5.41, 5.74) is 8.69. The summed E-state index contributed by atoms with van der Waals surface area (Å²) < 4.78 is 5.50. The van der Waals surface area contributed by atoms with Crippen molar-refractivity contribution < 1.29 is 4.74 Å². The van der Waals surface area contributed by atoms with Crippen LogP contribution in [0.4, 0.5) is 0 Å². The first-order valence-corrected chi connectivity index (χ1v) is 5.86. The maximum Gasteiger partial charge on any atom is 0.0799 e. The number of benzene rings is 1. The Balaban J connectivity index is 2.20. The molecule has 1 aliphatic rings. The molecular weight excluding hydrogens is 198 g/mol. The van der Waals surface area contributed by atoms with Gasteiger partial charge in [0.25, 0.3) is 0 Å². The molecule has 0 saturated heterocycles. The summed E-state index contributed by atoms with van der Waals surface area (Å²) >= 11 is 0. The summed E-state index contributed by atoms with van der Waals surface area (Å²) in [6, 6.07) is 10.2. The molecule has 1 aromatic carbocycles. The van der Waals surface area contributed by atoms with Gasteiger partial charge in [-0.15, -0.1) is 0 Å². The predicted octanol–water partition coefficient (Wildman–Crippen LogP) is 2.81. The predicted molar refractivity (Wildman–Crippen MR) is 66.1 cm³/mol. The molecule has 0 amide bonds. The number of rotatable bonds is 3. The Morgan fingerprint density at radius 2 is 2.06 bits per heavy atom. The van der Waals surface area contributed by atoms with E-state index in [4.69, 9.17) is 10.5 Å². The fraction of sp³-hybridized carbons (Fsp3) is 0.429. The third kappa shape index (κ3) is 2.34. The van der Waals surface area contributed by atoms with Crippen molar-refractivity contribution in [3.05, 3.63) is 47.5 Å². The highest BCUT2D eigenvalue weighted by atomic mass is 16.5. The first-order chi connectivity index (χ1) is 7.83. The van der Waals surface area contributed by atoms with Crippen LogP contribution in [0.1, 0.15) is 30.9 Å². The second-order valence-electron chi connectivity index (χ2n) is 4.25. The zero-order valence-electron chi connectivity index (χ0n) is 9.73. The van der Waals surface area contributed by atoms with Crippen molar-refractivity contribution in [1.29, 1.82) is 0 Å². The molecule has 0 radical (unpaired) electrons. The van der Waals surface area contributed by atoms with Crippen LogP contribution in [-0.4, -0.2) is 13.2 Å². The van der Waals surface area contributed by atoms with Gasteiger partial charge in [0.1, 0.15) is 0 Å². The van der Waals surface area contributed by atoms with Crippen molar-refractivity contribution in [3.8, 4) is 0 Å². The maximum atomic E-state index is 6.29. The molecule has 0 fully saturated rings. The lowest BCUT2D eigenvalue weighted by Gasteiger charge is -2.27. The standard InChI is InChI=1S/C14H19NO/c1-16-13-10-6-5-9-12(13)14(15)11-7-3-2-4-8-11/h2-4,7-9,13-14H,5-6,10,15H2,1H3/t13-,14+/m0/s1. The first kappa shape index (κ1) is 11.4. The van der Waals surface area contributed by atoms with E-state index in [0.29, 0.717) is 0 Å². The lowest BCUT2D eigenvalue weighted by molar-refractivity contribution is 0.113. The molecule has 0 bridgehead atoms. The highest BCUT2D eigenvalue weighted by Gasteiger charge is 2.23. The number of allylic oxidation sites excluding steroid dienone is 1. The van der Waals surface area contributed by atoms with E-state index in [1.165, 1.54) is 12.0 Å². The number of methoxy groups -OCH3 is 1. The van der Waals surface area contributed by atoms with Gasteiger partial charge in [-0.05, 0) is 30.4 Å². The van der Waals surface area contributed by atoms with Crippen LogP contribution in [0.2, 0.25) is 0 Å². The molecule has 2 heteroatoms. The third-order valence-electron chi connectivity index (χ3n) is 3.22. The van der Waals surface area contributed by atoms with Gasteiger partial charge in [-0.1, -0.05) is 36.4 Å². The van der Waals surface area contributed by atoms with Crippen molar-refractivity contribution in [2.45, 2.75) is 31.4 Å². The highest BCUT2D eigenvalue weighted by Crippen LogP contribution is 2.29. The van der Waals surface area contributed by atoms with Crippen molar-refractivity contribution >= 4 is 0 Å². The average molecular weight is 217 g/mol. The van der Waals surface area contributed by atoms with Crippen LogP contribution in [0.25, 0.3) is 0 Å². The lowest BCUT2D eigenvalue weighted by atomic mass is 9.88. The Morgan fingerprint density at radius 3 is 2.75 bits per heavy atom. The van der Waals surface area contributed by atoms with Gasteiger partial charge in [-0.3, -0.25) is 0 Å². The molecule has 2 atom stereocenters. The lowest BCUT2D eigenvalue weighted by Crippen LogP contribution is -2.26. The topological polar surface area (TPSA) is 35.2 Å². The van der Waals surface area contributed by atoms with Gasteiger partial charge >= 0.3 is 0 Å². The average Bonchev–Trinajstić information content (AvgIpc) is 2.39. The molecule has 86 valence electrons. The van der Waals surface area contributed by atoms with Gasteiger partial charge in [-0.25, -0.2) is 0 Å². The molecule has 0 heterocycles. The Labute approximate surface area is 97.1 Å². The van der Waals surface area contributed by atoms with Crippen molar-refractivity contribution in [3.63, 3.8) is 0 Å². The van der Waals surface area contributed by atoms with E-state index >= 15 is 0 Å². The molecular formula is C14H19NO. The monoisotopic (exact) mass is 217 g/mol. The SMILES string of the molecule is CO[C@H]1CCCC=C1[C@H](N)c1ccccc1. The van der Waals surface area contributed by atoms with E-state index in [1.54, 1.807) is 7.11 Å². The fourth-order valence-electron chi connectivity index (χ4n) is 2.30. The van der Waals surface area contributed by atoms with Crippen molar-refractivity contribution in [2.75, 3.05) is 7.11 Å². The molecule has 0 saturated carbocycles. The Bertz CT molecular complexity index is 358. The quantitative estimate of drug-likeness (QED) is 0.790. The second kappa shape index (κ2) is 5.28. The minimum absolute atomic E-state index is 0.0218. The van der Waals surface area contributed by atoms with Crippen LogP contribution in [-0.2, 0) is 4.74 Å². The Kier molecular flexibility index (Phi) is 3.75. The minimum atomic E-state index is -0.0218. The fourth-order valence-corrected chi connectivity index (χ4v) is 2.30. The van der Waals surface area contributed by atoms with Crippen molar-refractivity contribution in [1.82, 2.24) is 0 Å². The van der Waals surface area contributed by atoms with E-state index in [1.807, 2.05) is 18.2 Å². The van der Waals surface area contributed by atoms with E-state index in [0.717, 1.165) is 18.4 Å². The normalized spacial score (nSPS) is 22.6. The van der Waals surface area contributed by atoms with Gasteiger partial charge in [0.2, 0.25) is 0 Å². The summed E-state index contributed by atoms with van der Waals surface area (Å²) in [6.07, 6.45) is 5.85. The minimum Gasteiger partial charge on any atom is -0.377 e. The second-order valence-corrected chi connectivity index (χ2v) is 4.25. The van der Waals surface area contributed by atoms with Gasteiger partial charge in [0.05, 0.1) is 12.1 Å². The molecule has 2 nitrogen and oxygen atoms in total. The number of hydrogen-bond acceptors (Lipinski definition) is 2. The molecule has 0 aromatic heterocycles. The van der Waals surface area contributed by atoms with E-state index in [-0.39, 0.29) is 12.1 Å². The van der Waals surface area contributed by atoms with E-state index in [2.05, 4.69) is 18.2 Å². The first-order valence-electron chi connectivity index (χ1n) is 5.86. The van der Waals surface area contributed by atoms with Gasteiger partial charge in [-0.2, -0.15) is 0 Å². The van der Waals surface area contributed by atoms with Crippen LogP contribution in [0.5, 0.6) is 0 Å². The molecule has 16 heavy (non-hydrogen) atoms. The number of ether oxygens (including phenoxy) is 1. The zero-order valence-corrected chi connectivity index (χ0v) is 9.73. The summed E-state index contributed by atoms with van der Waals surface area (Å²) in [7, 11) is 1.77. The molecule has 0 unspecified atom stereocenters. The van der Waals surface area contributed by atoms with Crippen LogP contribution in [0, 0.1) is 0 Å². The highest BCUT2D eigenvalue weighted by molar-refractivity contribution is 5.30. The van der Waals surface area contributed by atoms with Crippen LogP contribution in [0.15, 0.2) is 42.0 Å². The van der Waals surface area contributed by atoms with Crippen LogP contribution >= 0.6 is 0 Å². The smallest absolute Gasteiger partial charge is 0.0799 e. The number of hydrogen-bond donors (Lipinski definition) is 1. The maximum absolute atomic E-state index is 6.29. The van der Waals surface area contributed by atoms with Gasteiger partial charge < -0.3 is 10.5 Å². The summed E-state index contributed by atoms with van der Waals surface area (Å²) in [5, 5.41) is 0. The summed E-state index contributed by atoms with van der Waals surface area (Å²) in [4.78, 5) is 0. The molecule has 2 rings (SSSR count). The Hall–Kier alpha value is -1.12. The van der Waals surface area contributed by atoms with Crippen molar-refractivity contribution in [2.24, 2.45) is 5.73 Å². The summed E-state index contributed by atoms with van der Waals surface area (Å²) in [6.45, 7) is 0. The van der Waals surface area contributed by atoms with Gasteiger partial charge in [0.15, 0.2) is 0 Å². The molecule has 2 N–H and O–H groups in total. The Morgan fingerprint density at radius 1 is 1.31 bits per heavy atom. The van der Waals surface area contributed by atoms with E-state index in [9.17, 15) is 0 Å². The third-order valence-corrected chi connectivity index (χ3v) is 3.22. The van der Waals surface area contributed by atoms with Crippen LogP contribution < -0.4 is 5.73 Å². The summed E-state index contributed by atoms with van der Waals surface area (Å²) in [5.74, 6) is 0. The molecule has 1 aliphatic carbocycles. The molecule has 1 aromatic rings. The van der Waals surface area contributed by atoms with E-state index < -0.39 is 0 Å². The van der Waals surface area contributed by atoms with Gasteiger partial charge in [0, 0.05) is 7.11 Å². The zero-order chi connectivity index (χ0) is 11.4.